The van der Waals surface area contributed by atoms with Gasteiger partial charge in [-0.05, 0) is 49.4 Å². The highest BCUT2D eigenvalue weighted by atomic mass is 32.1. The summed E-state index contributed by atoms with van der Waals surface area (Å²) in [5, 5.41) is 5.79. The van der Waals surface area contributed by atoms with E-state index < -0.39 is 11.9 Å². The van der Waals surface area contributed by atoms with Gasteiger partial charge in [-0.1, -0.05) is 48.0 Å². The molecular weight excluding hydrogens is 522 g/mol. The van der Waals surface area contributed by atoms with Crippen molar-refractivity contribution in [2.24, 2.45) is 0 Å². The van der Waals surface area contributed by atoms with Gasteiger partial charge in [0.2, 0.25) is 0 Å². The van der Waals surface area contributed by atoms with E-state index in [4.69, 9.17) is 9.15 Å². The van der Waals surface area contributed by atoms with E-state index in [0.717, 1.165) is 21.7 Å². The summed E-state index contributed by atoms with van der Waals surface area (Å²) in [6.07, 6.45) is 2.89. The number of Topliss-reactive ketones (excluding diaryl/α,β-unsaturated/α-hetero) is 1. The Morgan fingerprint density at radius 2 is 1.88 bits per heavy atom. The molecule has 4 aromatic rings. The average molecular weight is 552 g/mol. The molecule has 1 aliphatic carbocycles. The van der Waals surface area contributed by atoms with E-state index in [1.165, 1.54) is 6.26 Å². The molecule has 1 aliphatic heterocycles. The summed E-state index contributed by atoms with van der Waals surface area (Å²) in [6.45, 7) is 3.89. The van der Waals surface area contributed by atoms with Crippen molar-refractivity contribution < 1.29 is 18.7 Å². The van der Waals surface area contributed by atoms with Crippen molar-refractivity contribution >= 4 is 34.1 Å². The Morgan fingerprint density at radius 3 is 2.65 bits per heavy atom. The van der Waals surface area contributed by atoms with Gasteiger partial charge in [0.1, 0.15) is 5.58 Å². The SMILES string of the molecule is CC1=C(C(=O)OCCc2ccccc2)[C@H](c2coc3ccc(C)cc3c2=O)C2=C(C[C@@H](c3cccs3)CC2=O)N1. The van der Waals surface area contributed by atoms with Crippen LogP contribution in [0.15, 0.2) is 104 Å². The molecule has 202 valence electrons. The van der Waals surface area contributed by atoms with Gasteiger partial charge in [0.25, 0.3) is 0 Å². The molecule has 0 saturated heterocycles. The summed E-state index contributed by atoms with van der Waals surface area (Å²) < 4.78 is 11.6. The van der Waals surface area contributed by atoms with Crippen molar-refractivity contribution in [3.8, 4) is 0 Å². The Kier molecular flexibility index (Phi) is 6.98. The van der Waals surface area contributed by atoms with Gasteiger partial charge in [-0.3, -0.25) is 9.59 Å². The van der Waals surface area contributed by atoms with E-state index >= 15 is 0 Å². The van der Waals surface area contributed by atoms with Crippen LogP contribution in [0.3, 0.4) is 0 Å². The Morgan fingerprint density at radius 1 is 1.05 bits per heavy atom. The second-order valence-electron chi connectivity index (χ2n) is 10.4. The number of esters is 1. The number of aryl methyl sites for hydroxylation is 1. The lowest BCUT2D eigenvalue weighted by atomic mass is 9.73. The summed E-state index contributed by atoms with van der Waals surface area (Å²) in [6, 6.07) is 19.2. The number of hydrogen-bond donors (Lipinski definition) is 1. The van der Waals surface area contributed by atoms with Gasteiger partial charge in [0.05, 0.1) is 29.7 Å². The Labute approximate surface area is 236 Å². The Bertz CT molecular complexity index is 1730. The fraction of sp³-hybridized carbons (Fsp3) is 0.242. The molecule has 7 heteroatoms. The van der Waals surface area contributed by atoms with E-state index in [1.54, 1.807) is 30.4 Å². The number of benzene rings is 2. The van der Waals surface area contributed by atoms with Crippen LogP contribution in [-0.4, -0.2) is 18.4 Å². The van der Waals surface area contributed by atoms with Crippen molar-refractivity contribution in [1.29, 1.82) is 0 Å². The highest BCUT2D eigenvalue weighted by Gasteiger charge is 2.43. The van der Waals surface area contributed by atoms with Crippen molar-refractivity contribution in [2.45, 2.75) is 44.9 Å². The van der Waals surface area contributed by atoms with Gasteiger partial charge in [0.15, 0.2) is 11.2 Å². The molecule has 2 aliphatic rings. The number of carbonyl (C=O) groups excluding carboxylic acids is 2. The van der Waals surface area contributed by atoms with Gasteiger partial charge in [0, 0.05) is 46.2 Å². The molecule has 0 spiro atoms. The zero-order valence-corrected chi connectivity index (χ0v) is 23.2. The average Bonchev–Trinajstić information content (AvgIpc) is 3.49. The fourth-order valence-electron chi connectivity index (χ4n) is 5.79. The molecule has 0 fully saturated rings. The molecule has 0 bridgehead atoms. The summed E-state index contributed by atoms with van der Waals surface area (Å²) in [4.78, 5) is 42.5. The van der Waals surface area contributed by atoms with Gasteiger partial charge < -0.3 is 14.5 Å². The van der Waals surface area contributed by atoms with Crippen molar-refractivity contribution in [3.05, 3.63) is 127 Å². The fourth-order valence-corrected chi connectivity index (χ4v) is 6.62. The third-order valence-electron chi connectivity index (χ3n) is 7.73. The number of fused-ring (bicyclic) bond motifs is 1. The van der Waals surface area contributed by atoms with Crippen LogP contribution in [-0.2, 0) is 20.7 Å². The first-order valence-corrected chi connectivity index (χ1v) is 14.3. The maximum Gasteiger partial charge on any atom is 0.336 e. The smallest absolute Gasteiger partial charge is 0.336 e. The number of hydrogen-bond acceptors (Lipinski definition) is 7. The van der Waals surface area contributed by atoms with Crippen LogP contribution in [0.25, 0.3) is 11.0 Å². The van der Waals surface area contributed by atoms with E-state index in [9.17, 15) is 14.4 Å². The predicted octanol–water partition coefficient (Wildman–Crippen LogP) is 6.31. The molecule has 40 heavy (non-hydrogen) atoms. The van der Waals surface area contributed by atoms with Crippen LogP contribution in [0.4, 0.5) is 0 Å². The minimum absolute atomic E-state index is 0.0437. The third-order valence-corrected chi connectivity index (χ3v) is 8.76. The first-order chi connectivity index (χ1) is 19.4. The second kappa shape index (κ2) is 10.7. The van der Waals surface area contributed by atoms with Crippen molar-refractivity contribution in [3.63, 3.8) is 0 Å². The molecule has 2 atom stereocenters. The largest absolute Gasteiger partial charge is 0.464 e. The highest BCUT2D eigenvalue weighted by Crippen LogP contribution is 2.46. The maximum absolute atomic E-state index is 13.9. The minimum atomic E-state index is -0.876. The maximum atomic E-state index is 13.9. The highest BCUT2D eigenvalue weighted by molar-refractivity contribution is 7.10. The molecule has 2 aromatic carbocycles. The number of nitrogens with one attached hydrogen (secondary N) is 1. The van der Waals surface area contributed by atoms with Gasteiger partial charge in [-0.2, -0.15) is 0 Å². The molecule has 0 unspecified atom stereocenters. The quantitative estimate of drug-likeness (QED) is 0.283. The monoisotopic (exact) mass is 551 g/mol. The molecule has 0 saturated carbocycles. The first kappa shape index (κ1) is 26.0. The van der Waals surface area contributed by atoms with Crippen LogP contribution >= 0.6 is 11.3 Å². The van der Waals surface area contributed by atoms with Crippen molar-refractivity contribution in [1.82, 2.24) is 5.32 Å². The number of ketones is 1. The molecule has 0 radical (unpaired) electrons. The zero-order valence-electron chi connectivity index (χ0n) is 22.4. The number of thiophene rings is 1. The summed E-state index contributed by atoms with van der Waals surface area (Å²) >= 11 is 1.63. The molecular formula is C33H29NO5S. The molecule has 1 N–H and O–H groups in total. The first-order valence-electron chi connectivity index (χ1n) is 13.4. The lowest BCUT2D eigenvalue weighted by Gasteiger charge is -2.36. The number of dihydropyridines is 1. The van der Waals surface area contributed by atoms with Gasteiger partial charge in [-0.15, -0.1) is 11.3 Å². The van der Waals surface area contributed by atoms with Crippen LogP contribution in [0.1, 0.15) is 53.2 Å². The zero-order chi connectivity index (χ0) is 27.8. The van der Waals surface area contributed by atoms with Crippen LogP contribution in [0, 0.1) is 6.92 Å². The Hall–Kier alpha value is -4.23. The standard InChI is InChI=1S/C33H29NO5S/c1-19-10-11-27-23(15-19)32(36)24(18-39-27)30-29(33(37)38-13-12-21-7-4-3-5-8-21)20(2)34-25-16-22(17-26(35)31(25)30)28-9-6-14-40-28/h3-11,14-15,18,22,30,34H,12-13,16-17H2,1-2H3/t22-,30+/m1/s1. The number of rotatable bonds is 6. The second-order valence-corrected chi connectivity index (χ2v) is 11.4. The third kappa shape index (κ3) is 4.82. The van der Waals surface area contributed by atoms with E-state index in [2.05, 4.69) is 5.32 Å². The van der Waals surface area contributed by atoms with E-state index in [0.29, 0.717) is 41.5 Å². The molecule has 3 heterocycles. The molecule has 2 aromatic heterocycles. The number of ether oxygens (including phenoxy) is 1. The van der Waals surface area contributed by atoms with Crippen molar-refractivity contribution in [2.75, 3.05) is 6.61 Å². The topological polar surface area (TPSA) is 85.6 Å². The predicted molar refractivity (Wildman–Crippen MR) is 155 cm³/mol. The summed E-state index contributed by atoms with van der Waals surface area (Å²) in [7, 11) is 0. The summed E-state index contributed by atoms with van der Waals surface area (Å²) in [5.41, 5.74) is 4.51. The normalized spacial score (nSPS) is 19.0. The van der Waals surface area contributed by atoms with Crippen LogP contribution in [0.2, 0.25) is 0 Å². The lowest BCUT2D eigenvalue weighted by molar-refractivity contribution is -0.139. The molecule has 0 amide bonds. The molecule has 6 nitrogen and oxygen atoms in total. The minimum Gasteiger partial charge on any atom is -0.464 e. The van der Waals surface area contributed by atoms with Gasteiger partial charge >= 0.3 is 5.97 Å². The van der Waals surface area contributed by atoms with E-state index in [-0.39, 0.29) is 34.9 Å². The van der Waals surface area contributed by atoms with Gasteiger partial charge in [-0.25, -0.2) is 4.79 Å². The lowest BCUT2D eigenvalue weighted by Crippen LogP contribution is -2.37. The van der Waals surface area contributed by atoms with E-state index in [1.807, 2.05) is 60.8 Å². The van der Waals surface area contributed by atoms with Crippen LogP contribution in [0.5, 0.6) is 0 Å². The molecule has 6 rings (SSSR count). The number of allylic oxidation sites excluding steroid dienone is 3. The summed E-state index contributed by atoms with van der Waals surface area (Å²) in [5.74, 6) is -1.46. The Balaban J connectivity index is 1.42. The number of carbonyl (C=O) groups is 2. The van der Waals surface area contributed by atoms with Crippen LogP contribution < -0.4 is 10.7 Å².